The Kier molecular flexibility index (Phi) is 4.01. The molecule has 0 aromatic rings. The average Bonchev–Trinajstić information content (AvgIpc) is 2.91. The summed E-state index contributed by atoms with van der Waals surface area (Å²) >= 11 is 12.3. The van der Waals surface area contributed by atoms with E-state index in [1.54, 1.807) is 11.1 Å². The molecule has 0 saturated heterocycles. The summed E-state index contributed by atoms with van der Waals surface area (Å²) in [6, 6.07) is 0. The Morgan fingerprint density at radius 2 is 1.91 bits per heavy atom. The molecular formula is C21H28Cl2. The van der Waals surface area contributed by atoms with Crippen LogP contribution in [-0.4, -0.2) is 0 Å². The molecular weight excluding hydrogens is 323 g/mol. The molecule has 126 valence electrons. The molecule has 3 fully saturated rings. The summed E-state index contributed by atoms with van der Waals surface area (Å²) in [7, 11) is 0. The SMILES string of the molecule is C[C@]12CC[C@H]3[C@@H](CCC4CCCC[C@@]43C)C1=CC=C2C(Cl)=CCl. The van der Waals surface area contributed by atoms with Crippen LogP contribution in [0.4, 0.5) is 0 Å². The van der Waals surface area contributed by atoms with E-state index >= 15 is 0 Å². The molecule has 0 aromatic heterocycles. The minimum absolute atomic E-state index is 0.126. The molecule has 1 unspecified atom stereocenters. The molecule has 0 spiro atoms. The van der Waals surface area contributed by atoms with E-state index in [0.717, 1.165) is 22.8 Å². The molecule has 23 heavy (non-hydrogen) atoms. The first-order valence-corrected chi connectivity index (χ1v) is 10.2. The van der Waals surface area contributed by atoms with Gasteiger partial charge in [-0.25, -0.2) is 0 Å². The summed E-state index contributed by atoms with van der Waals surface area (Å²) in [4.78, 5) is 0. The van der Waals surface area contributed by atoms with Crippen molar-refractivity contribution in [3.8, 4) is 0 Å². The van der Waals surface area contributed by atoms with Crippen LogP contribution in [0.1, 0.15) is 65.2 Å². The molecule has 0 radical (unpaired) electrons. The van der Waals surface area contributed by atoms with Gasteiger partial charge in [-0.15, -0.1) is 0 Å². The van der Waals surface area contributed by atoms with Gasteiger partial charge in [-0.1, -0.05) is 67.6 Å². The lowest BCUT2D eigenvalue weighted by Crippen LogP contribution is -2.49. The maximum atomic E-state index is 6.42. The molecule has 0 bridgehead atoms. The zero-order chi connectivity index (χ0) is 16.2. The number of rotatable bonds is 1. The van der Waals surface area contributed by atoms with E-state index in [9.17, 15) is 0 Å². The first kappa shape index (κ1) is 16.3. The molecule has 4 rings (SSSR count). The van der Waals surface area contributed by atoms with Gasteiger partial charge in [0.25, 0.3) is 0 Å². The van der Waals surface area contributed by atoms with Crippen molar-refractivity contribution in [2.24, 2.45) is 28.6 Å². The van der Waals surface area contributed by atoms with Crippen molar-refractivity contribution in [3.63, 3.8) is 0 Å². The monoisotopic (exact) mass is 350 g/mol. The lowest BCUT2D eigenvalue weighted by atomic mass is 9.46. The molecule has 0 aliphatic heterocycles. The van der Waals surface area contributed by atoms with E-state index in [1.165, 1.54) is 56.9 Å². The summed E-state index contributed by atoms with van der Waals surface area (Å²) in [6.07, 6.45) is 15.9. The molecule has 0 nitrogen and oxygen atoms in total. The van der Waals surface area contributed by atoms with E-state index in [2.05, 4.69) is 26.0 Å². The van der Waals surface area contributed by atoms with E-state index in [0.29, 0.717) is 5.41 Å². The first-order chi connectivity index (χ1) is 11.0. The summed E-state index contributed by atoms with van der Waals surface area (Å²) in [5.74, 6) is 2.62. The van der Waals surface area contributed by atoms with Gasteiger partial charge in [0.1, 0.15) is 0 Å². The van der Waals surface area contributed by atoms with Crippen LogP contribution in [0.25, 0.3) is 0 Å². The van der Waals surface area contributed by atoms with Crippen LogP contribution in [0.15, 0.2) is 33.9 Å². The maximum absolute atomic E-state index is 6.42. The first-order valence-electron chi connectivity index (χ1n) is 9.40. The van der Waals surface area contributed by atoms with Gasteiger partial charge in [0, 0.05) is 11.0 Å². The maximum Gasteiger partial charge on any atom is 0.0559 e. The molecule has 0 N–H and O–H groups in total. The van der Waals surface area contributed by atoms with Crippen molar-refractivity contribution in [1.82, 2.24) is 0 Å². The summed E-state index contributed by atoms with van der Waals surface area (Å²) in [6.45, 7) is 5.01. The Balaban J connectivity index is 1.66. The van der Waals surface area contributed by atoms with Gasteiger partial charge in [-0.2, -0.15) is 0 Å². The molecule has 0 aromatic carbocycles. The van der Waals surface area contributed by atoms with Crippen LogP contribution >= 0.6 is 23.2 Å². The van der Waals surface area contributed by atoms with Crippen LogP contribution < -0.4 is 0 Å². The molecule has 5 atom stereocenters. The van der Waals surface area contributed by atoms with E-state index in [4.69, 9.17) is 23.2 Å². The van der Waals surface area contributed by atoms with Gasteiger partial charge in [-0.05, 0) is 67.3 Å². The van der Waals surface area contributed by atoms with Crippen molar-refractivity contribution >= 4 is 23.2 Å². The fourth-order valence-corrected chi connectivity index (χ4v) is 7.08. The van der Waals surface area contributed by atoms with Gasteiger partial charge in [0.15, 0.2) is 0 Å². The van der Waals surface area contributed by atoms with Crippen LogP contribution in [0.5, 0.6) is 0 Å². The highest BCUT2D eigenvalue weighted by Gasteiger charge is 2.55. The van der Waals surface area contributed by atoms with Gasteiger partial charge < -0.3 is 0 Å². The Morgan fingerprint density at radius 3 is 2.70 bits per heavy atom. The van der Waals surface area contributed by atoms with E-state index in [-0.39, 0.29) is 5.41 Å². The Bertz CT molecular complexity index is 599. The lowest BCUT2D eigenvalue weighted by molar-refractivity contribution is -0.0477. The third-order valence-corrected chi connectivity index (χ3v) is 8.62. The van der Waals surface area contributed by atoms with Crippen molar-refractivity contribution in [2.75, 3.05) is 0 Å². The molecule has 0 heterocycles. The molecule has 3 saturated carbocycles. The second-order valence-corrected chi connectivity index (χ2v) is 9.39. The Morgan fingerprint density at radius 1 is 1.09 bits per heavy atom. The fraction of sp³-hybridized carbons (Fsp3) is 0.714. The quantitative estimate of drug-likeness (QED) is 0.469. The van der Waals surface area contributed by atoms with Gasteiger partial charge in [-0.3, -0.25) is 0 Å². The lowest BCUT2D eigenvalue weighted by Gasteiger charge is -2.58. The second-order valence-electron chi connectivity index (χ2n) is 8.77. The van der Waals surface area contributed by atoms with Gasteiger partial charge >= 0.3 is 0 Å². The van der Waals surface area contributed by atoms with E-state index in [1.807, 2.05) is 0 Å². The fourth-order valence-electron chi connectivity index (χ4n) is 6.69. The minimum atomic E-state index is 0.126. The predicted octanol–water partition coefficient (Wildman–Crippen LogP) is 7.19. The number of halogens is 2. The van der Waals surface area contributed by atoms with Crippen LogP contribution in [0.2, 0.25) is 0 Å². The summed E-state index contributed by atoms with van der Waals surface area (Å²) < 4.78 is 0. The number of hydrogen-bond donors (Lipinski definition) is 0. The van der Waals surface area contributed by atoms with Crippen LogP contribution in [0.3, 0.4) is 0 Å². The smallest absolute Gasteiger partial charge is 0.0559 e. The molecule has 4 aliphatic carbocycles. The Hall–Kier alpha value is -0.200. The number of hydrogen-bond acceptors (Lipinski definition) is 0. The minimum Gasteiger partial charge on any atom is -0.0913 e. The zero-order valence-corrected chi connectivity index (χ0v) is 15.9. The van der Waals surface area contributed by atoms with Crippen molar-refractivity contribution in [1.29, 1.82) is 0 Å². The van der Waals surface area contributed by atoms with Gasteiger partial charge in [0.2, 0.25) is 0 Å². The zero-order valence-electron chi connectivity index (χ0n) is 14.4. The summed E-state index contributed by atoms with van der Waals surface area (Å²) in [5, 5.41) is 0.733. The average molecular weight is 351 g/mol. The second kappa shape index (κ2) is 5.67. The van der Waals surface area contributed by atoms with Gasteiger partial charge in [0.05, 0.1) is 5.03 Å². The predicted molar refractivity (Wildman–Crippen MR) is 99.6 cm³/mol. The van der Waals surface area contributed by atoms with Crippen molar-refractivity contribution in [2.45, 2.75) is 65.2 Å². The van der Waals surface area contributed by atoms with Crippen molar-refractivity contribution in [3.05, 3.63) is 33.9 Å². The van der Waals surface area contributed by atoms with E-state index < -0.39 is 0 Å². The molecule has 4 aliphatic rings. The third-order valence-electron chi connectivity index (χ3n) is 7.98. The molecule has 0 amide bonds. The highest BCUT2D eigenvalue weighted by Crippen LogP contribution is 2.65. The highest BCUT2D eigenvalue weighted by molar-refractivity contribution is 6.38. The van der Waals surface area contributed by atoms with Crippen molar-refractivity contribution < 1.29 is 0 Å². The topological polar surface area (TPSA) is 0 Å². The highest BCUT2D eigenvalue weighted by atomic mass is 35.5. The van der Waals surface area contributed by atoms with Crippen LogP contribution in [0, 0.1) is 28.6 Å². The van der Waals surface area contributed by atoms with Crippen LogP contribution in [-0.2, 0) is 0 Å². The largest absolute Gasteiger partial charge is 0.0913 e. The normalized spacial score (nSPS) is 46.4. The third kappa shape index (κ3) is 2.24. The number of allylic oxidation sites excluding steroid dienone is 5. The Labute approximate surface area is 151 Å². The number of fused-ring (bicyclic) bond motifs is 5. The molecule has 2 heteroatoms. The standard InChI is InChI=1S/C21H28Cl2/c1-20-11-4-3-5-14(20)6-7-15-16-8-9-18(19(23)13-22)21(16,2)12-10-17(15)20/h8-9,13-15,17H,3-7,10-12H2,1-2H3/t14?,15-,17-,20-,21-/m0/s1. The summed E-state index contributed by atoms with van der Waals surface area (Å²) in [5.41, 5.74) is 5.16.